The highest BCUT2D eigenvalue weighted by molar-refractivity contribution is 7.97. The number of halogens is 12. The van der Waals surface area contributed by atoms with Gasteiger partial charge in [-0.2, -0.15) is 56.8 Å². The third-order valence-electron chi connectivity index (χ3n) is 23.3. The largest absolute Gasteiger partial charge is 0.691 e. The predicted octanol–water partition coefficient (Wildman–Crippen LogP) is 9.11. The van der Waals surface area contributed by atoms with Crippen molar-refractivity contribution in [1.29, 1.82) is 0 Å². The minimum Gasteiger partial charge on any atom is -0.691 e. The summed E-state index contributed by atoms with van der Waals surface area (Å²) in [6, 6.07) is 0. The maximum atomic E-state index is 13.9. The first-order valence-electron chi connectivity index (χ1n) is 35.2. The summed E-state index contributed by atoms with van der Waals surface area (Å²) in [6.07, 6.45) is 8.32. The molecule has 109 heavy (non-hydrogen) atoms. The fourth-order valence-corrected chi connectivity index (χ4v) is 22.3. The molecule has 3 unspecified atom stereocenters. The third-order valence-corrected chi connectivity index (χ3v) is 26.3. The Balaban J connectivity index is 0.000000168. The molecule has 0 aromatic heterocycles. The van der Waals surface area contributed by atoms with Gasteiger partial charge in [0.05, 0.1) is 74.6 Å². The van der Waals surface area contributed by atoms with Crippen LogP contribution in [0.1, 0.15) is 168 Å². The van der Waals surface area contributed by atoms with Crippen LogP contribution in [-0.4, -0.2) is 139 Å². The summed E-state index contributed by atoms with van der Waals surface area (Å²) in [6.45, 7) is -1.59. The second-order valence-electron chi connectivity index (χ2n) is 32.1. The maximum Gasteiger partial charge on any atom is 0.446 e. The fourth-order valence-electron chi connectivity index (χ4n) is 21.0. The van der Waals surface area contributed by atoms with Crippen molar-refractivity contribution < 1.29 is 187 Å². The van der Waals surface area contributed by atoms with Gasteiger partial charge in [0.1, 0.15) is 0 Å². The van der Waals surface area contributed by atoms with E-state index in [2.05, 4.69) is 56.4 Å². The highest BCUT2D eigenvalue weighted by Crippen LogP contribution is 2.64. The number of carbonyl (C=O) groups is 8. The van der Waals surface area contributed by atoms with Gasteiger partial charge in [0, 0.05) is 21.7 Å². The van der Waals surface area contributed by atoms with Gasteiger partial charge in [0.2, 0.25) is 0 Å². The Morgan fingerprint density at radius 2 is 0.495 bits per heavy atom. The molecule has 0 saturated heterocycles. The lowest BCUT2D eigenvalue weighted by molar-refractivity contribution is -0.777. The molecule has 0 amide bonds. The monoisotopic (exact) mass is 1670 g/mol. The Hall–Kier alpha value is -4.16. The van der Waals surface area contributed by atoms with E-state index in [9.17, 15) is 112 Å². The molecule has 16 aliphatic carbocycles. The lowest BCUT2D eigenvalue weighted by atomic mass is 9.50. The summed E-state index contributed by atoms with van der Waals surface area (Å²) in [4.78, 5) is 93.7. The first kappa shape index (κ1) is 88.8. The van der Waals surface area contributed by atoms with Gasteiger partial charge < -0.3 is 58.9 Å². The molecule has 44 heteroatoms. The number of carbonyl (C=O) groups excluding carboxylic acids is 8. The molecule has 3 atom stereocenters. The molecular formula is C65H82F12O28S4-4. The molecule has 0 radical (unpaired) electrons. The van der Waals surface area contributed by atoms with Crippen molar-refractivity contribution in [2.24, 2.45) is 92.7 Å². The van der Waals surface area contributed by atoms with Crippen molar-refractivity contribution in [2.75, 3.05) is 52.9 Å². The Morgan fingerprint density at radius 3 is 0.706 bits per heavy atom. The maximum absolute atomic E-state index is 13.9. The Morgan fingerprint density at radius 1 is 0.294 bits per heavy atom. The Labute approximate surface area is 632 Å². The number of hydrogen-bond donors (Lipinski definition) is 0. The number of ether oxygens (including phenoxy) is 8. The second kappa shape index (κ2) is 36.3. The molecule has 16 saturated carbocycles. The van der Waals surface area contributed by atoms with E-state index in [0.717, 1.165) is 146 Å². The number of esters is 8. The highest BCUT2D eigenvalue weighted by atomic mass is 32.2. The van der Waals surface area contributed by atoms with Crippen molar-refractivity contribution >= 4 is 95.9 Å². The summed E-state index contributed by atoms with van der Waals surface area (Å²) in [5.74, 6) is -3.87. The average Bonchev–Trinajstić information content (AvgIpc) is 0.786. The van der Waals surface area contributed by atoms with E-state index >= 15 is 0 Å². The summed E-state index contributed by atoms with van der Waals surface area (Å²) in [5, 5.41) is 39.8. The molecule has 16 rings (SSSR count). The van der Waals surface area contributed by atoms with Crippen LogP contribution >= 0.6 is 48.2 Å². The molecule has 0 aliphatic heterocycles. The minimum absolute atomic E-state index is 0.0293. The molecular weight excluding hydrogens is 1580 g/mol. The third kappa shape index (κ3) is 22.5. The van der Waals surface area contributed by atoms with Crippen LogP contribution in [0.15, 0.2) is 0 Å². The van der Waals surface area contributed by atoms with Gasteiger partial charge in [-0.25, -0.2) is 51.5 Å². The highest BCUT2D eigenvalue weighted by Gasteiger charge is 2.79. The van der Waals surface area contributed by atoms with E-state index in [0.29, 0.717) is 48.7 Å². The number of hydrogen-bond acceptors (Lipinski definition) is 32. The smallest absolute Gasteiger partial charge is 0.446 e. The standard InChI is InChI=1S/C17H20F6O7S.C16H20F4O7S.2C16H23FO7S/c18-16(19,20)15(17(21,22)23,31-30-29-26)13(25)27-7-12(24)28-8-14-4-9-1-10(5-14)3-11(2-9)6-14;17-15(16(18,19)20,28-27-26-23)13(22)24-7-12(21)25-8-14-4-9-1-10(5-14)3-11(2-9)6-14;2*1-15(17,25-24-23-20)14(19)21-8-13(18)22-9-16-5-10-2-11(6-16)4-12(3-10)7-16/h9-11,26H,1-8H2;9-11,23H,1-8H2;2*10-12,20H,2-9H2,1H3/p-4. The Kier molecular flexibility index (Phi) is 29.6. The first-order chi connectivity index (χ1) is 51.0. The zero-order valence-corrected chi connectivity index (χ0v) is 61.9. The van der Waals surface area contributed by atoms with E-state index in [1.807, 2.05) is 0 Å². The van der Waals surface area contributed by atoms with Crippen LogP contribution in [0.2, 0.25) is 0 Å². The van der Waals surface area contributed by atoms with Gasteiger partial charge in [0.25, 0.3) is 10.0 Å². The molecule has 622 valence electrons. The van der Waals surface area contributed by atoms with Gasteiger partial charge in [-0.05, 0) is 239 Å². The fraction of sp³-hybridized carbons (Fsp3) is 0.877. The van der Waals surface area contributed by atoms with Crippen molar-refractivity contribution in [2.45, 2.75) is 206 Å². The molecule has 0 heterocycles. The van der Waals surface area contributed by atoms with Gasteiger partial charge in [-0.1, -0.05) is 0 Å². The molecule has 28 nitrogen and oxygen atoms in total. The molecule has 16 fully saturated rings. The lowest BCUT2D eigenvalue weighted by Gasteiger charge is -2.56. The van der Waals surface area contributed by atoms with Crippen LogP contribution in [0.3, 0.4) is 0 Å². The molecule has 0 aromatic carbocycles. The molecule has 0 aromatic rings. The number of rotatable bonds is 32. The van der Waals surface area contributed by atoms with Crippen LogP contribution in [0.5, 0.6) is 0 Å². The Bertz CT molecular complexity index is 2920. The van der Waals surface area contributed by atoms with Crippen molar-refractivity contribution in [1.82, 2.24) is 0 Å². The SMILES string of the molecule is CC(F)(SOO[O-])C(=O)OCC(=O)OCC12CC3CC(CC(C3)C1)C2.CC(F)(SOO[O-])C(=O)OCC(=O)OCC12CC3CC(CC(C3)C1)C2.O=C(COC(=O)C(F)(SOO[O-])C(F)(F)F)OCC12CC3CC(CC(C3)C1)C2.O=C(COC(=O)C(SOO[O-])(C(F)(F)F)C(F)(F)F)OCC12CC3CC(CC(C3)C1)C2. The van der Waals surface area contributed by atoms with Crippen LogP contribution < -0.4 is 21.0 Å². The van der Waals surface area contributed by atoms with Gasteiger partial charge in [0.15, 0.2) is 26.4 Å². The van der Waals surface area contributed by atoms with E-state index < -0.39 is 137 Å². The van der Waals surface area contributed by atoms with Crippen molar-refractivity contribution in [3.05, 3.63) is 0 Å². The van der Waals surface area contributed by atoms with Crippen LogP contribution in [0.25, 0.3) is 0 Å². The summed E-state index contributed by atoms with van der Waals surface area (Å²) >= 11 is -3.10. The first-order valence-corrected chi connectivity index (χ1v) is 38.1. The normalized spacial score (nSPS) is 33.4. The van der Waals surface area contributed by atoms with E-state index in [4.69, 9.17) is 18.9 Å². The van der Waals surface area contributed by atoms with Gasteiger partial charge in [-0.3, -0.25) is 20.2 Å². The van der Waals surface area contributed by atoms with E-state index in [1.54, 1.807) is 0 Å². The quantitative estimate of drug-likeness (QED) is 0.0151. The van der Waals surface area contributed by atoms with Gasteiger partial charge >= 0.3 is 76.0 Å². The average molecular weight is 1670 g/mol. The second-order valence-corrected chi connectivity index (χ2v) is 36.0. The predicted molar refractivity (Wildman–Crippen MR) is 333 cm³/mol. The van der Waals surface area contributed by atoms with Crippen LogP contribution in [0.4, 0.5) is 52.7 Å². The van der Waals surface area contributed by atoms with E-state index in [-0.39, 0.29) is 59.0 Å². The lowest BCUT2D eigenvalue weighted by Crippen LogP contribution is -2.60. The van der Waals surface area contributed by atoms with Crippen molar-refractivity contribution in [3.8, 4) is 0 Å². The topological polar surface area (TPSA) is 376 Å². The van der Waals surface area contributed by atoms with Gasteiger partial charge in [-0.15, -0.1) is 0 Å². The zero-order valence-electron chi connectivity index (χ0n) is 58.7. The van der Waals surface area contributed by atoms with Crippen LogP contribution in [0, 0.1) is 92.7 Å². The molecule has 0 spiro atoms. The summed E-state index contributed by atoms with van der Waals surface area (Å²) < 4.78 is 205. The minimum atomic E-state index is -6.28. The number of alkyl halides is 12. The molecule has 16 bridgehead atoms. The van der Waals surface area contributed by atoms with E-state index in [1.165, 1.54) is 57.8 Å². The summed E-state index contributed by atoms with van der Waals surface area (Å²) in [5.41, 5.74) is -0.235. The molecule has 0 N–H and O–H groups in total. The zero-order chi connectivity index (χ0) is 79.8. The summed E-state index contributed by atoms with van der Waals surface area (Å²) in [7, 11) is 0. The van der Waals surface area contributed by atoms with Crippen LogP contribution in [-0.2, 0) is 114 Å². The van der Waals surface area contributed by atoms with Crippen molar-refractivity contribution in [3.63, 3.8) is 0 Å². The molecule has 16 aliphatic rings.